The van der Waals surface area contributed by atoms with Crippen LogP contribution < -0.4 is 5.73 Å². The first-order valence-corrected chi connectivity index (χ1v) is 5.97. The van der Waals surface area contributed by atoms with E-state index in [1.807, 2.05) is 24.3 Å². The normalized spacial score (nSPS) is 12.4. The van der Waals surface area contributed by atoms with Crippen LogP contribution in [0.1, 0.15) is 11.9 Å². The van der Waals surface area contributed by atoms with E-state index in [1.165, 1.54) is 0 Å². The van der Waals surface area contributed by atoms with Crippen LogP contribution in [0, 0.1) is 0 Å². The summed E-state index contributed by atoms with van der Waals surface area (Å²) in [6.45, 7) is 0.111. The highest BCUT2D eigenvalue weighted by molar-refractivity contribution is 9.10. The first-order valence-electron chi connectivity index (χ1n) is 5.18. The van der Waals surface area contributed by atoms with Gasteiger partial charge in [-0.05, 0) is 12.1 Å². The molecule has 1 aromatic carbocycles. The SMILES string of the molecule is NCC(O)c1nccc(-c2ccccc2Br)n1. The molecular weight excluding hydrogens is 282 g/mol. The number of hydrogen-bond acceptors (Lipinski definition) is 4. The highest BCUT2D eigenvalue weighted by Gasteiger charge is 2.10. The molecule has 0 aliphatic rings. The van der Waals surface area contributed by atoms with Crippen molar-refractivity contribution in [3.05, 3.63) is 46.8 Å². The van der Waals surface area contributed by atoms with Gasteiger partial charge >= 0.3 is 0 Å². The van der Waals surface area contributed by atoms with Gasteiger partial charge in [-0.2, -0.15) is 0 Å². The molecule has 2 rings (SSSR count). The third-order valence-corrected chi connectivity index (χ3v) is 3.04. The first kappa shape index (κ1) is 12.2. The molecular formula is C12H12BrN3O. The minimum absolute atomic E-state index is 0.111. The molecule has 5 heteroatoms. The monoisotopic (exact) mass is 293 g/mol. The van der Waals surface area contributed by atoms with Gasteiger partial charge in [0.2, 0.25) is 0 Å². The lowest BCUT2D eigenvalue weighted by Crippen LogP contribution is -2.14. The third kappa shape index (κ3) is 2.69. The van der Waals surface area contributed by atoms with Crippen molar-refractivity contribution in [1.82, 2.24) is 9.97 Å². The summed E-state index contributed by atoms with van der Waals surface area (Å²) < 4.78 is 0.951. The summed E-state index contributed by atoms with van der Waals surface area (Å²) in [5, 5.41) is 9.61. The maximum atomic E-state index is 9.61. The number of hydrogen-bond donors (Lipinski definition) is 2. The maximum Gasteiger partial charge on any atom is 0.158 e. The number of aromatic nitrogens is 2. The molecule has 4 nitrogen and oxygen atoms in total. The summed E-state index contributed by atoms with van der Waals surface area (Å²) in [5.74, 6) is 0.348. The van der Waals surface area contributed by atoms with Crippen molar-refractivity contribution in [2.24, 2.45) is 5.73 Å². The molecule has 0 fully saturated rings. The maximum absolute atomic E-state index is 9.61. The molecule has 1 aromatic heterocycles. The van der Waals surface area contributed by atoms with Crippen molar-refractivity contribution in [2.45, 2.75) is 6.10 Å². The van der Waals surface area contributed by atoms with Crippen molar-refractivity contribution < 1.29 is 5.11 Å². The summed E-state index contributed by atoms with van der Waals surface area (Å²) in [5.41, 5.74) is 7.10. The fraction of sp³-hybridized carbons (Fsp3) is 0.167. The molecule has 0 amide bonds. The van der Waals surface area contributed by atoms with Gasteiger partial charge in [-0.25, -0.2) is 9.97 Å². The summed E-state index contributed by atoms with van der Waals surface area (Å²) in [6.07, 6.45) is 0.799. The van der Waals surface area contributed by atoms with Gasteiger partial charge in [0.25, 0.3) is 0 Å². The Labute approximate surface area is 108 Å². The Morgan fingerprint density at radius 1 is 1.29 bits per heavy atom. The number of nitrogens with zero attached hydrogens (tertiary/aromatic N) is 2. The van der Waals surface area contributed by atoms with Gasteiger partial charge in [0.15, 0.2) is 5.82 Å². The van der Waals surface area contributed by atoms with E-state index < -0.39 is 6.10 Å². The van der Waals surface area contributed by atoms with Crippen molar-refractivity contribution >= 4 is 15.9 Å². The number of benzene rings is 1. The topological polar surface area (TPSA) is 72.0 Å². The second-order valence-corrected chi connectivity index (χ2v) is 4.39. The van der Waals surface area contributed by atoms with Gasteiger partial charge in [-0.1, -0.05) is 34.1 Å². The highest BCUT2D eigenvalue weighted by Crippen LogP contribution is 2.26. The number of halogens is 1. The second kappa shape index (κ2) is 5.35. The molecule has 2 aromatic rings. The van der Waals surface area contributed by atoms with Crippen LogP contribution in [0.15, 0.2) is 41.0 Å². The molecule has 0 saturated heterocycles. The Balaban J connectivity index is 2.43. The molecule has 0 saturated carbocycles. The minimum Gasteiger partial charge on any atom is -0.384 e. The van der Waals surface area contributed by atoms with Crippen LogP contribution in [-0.2, 0) is 0 Å². The zero-order chi connectivity index (χ0) is 12.3. The largest absolute Gasteiger partial charge is 0.384 e. The molecule has 88 valence electrons. The zero-order valence-corrected chi connectivity index (χ0v) is 10.6. The summed E-state index contributed by atoms with van der Waals surface area (Å²) in [6, 6.07) is 9.56. The Kier molecular flexibility index (Phi) is 3.83. The predicted octanol–water partition coefficient (Wildman–Crippen LogP) is 1.90. The van der Waals surface area contributed by atoms with Crippen molar-refractivity contribution in [3.8, 4) is 11.3 Å². The summed E-state index contributed by atoms with van der Waals surface area (Å²) in [7, 11) is 0. The highest BCUT2D eigenvalue weighted by atomic mass is 79.9. The van der Waals surface area contributed by atoms with E-state index >= 15 is 0 Å². The third-order valence-electron chi connectivity index (χ3n) is 2.35. The molecule has 0 aliphatic heterocycles. The van der Waals surface area contributed by atoms with E-state index in [1.54, 1.807) is 12.3 Å². The van der Waals surface area contributed by atoms with Crippen molar-refractivity contribution in [1.29, 1.82) is 0 Å². The molecule has 0 aliphatic carbocycles. The van der Waals surface area contributed by atoms with Gasteiger partial charge in [-0.15, -0.1) is 0 Å². The van der Waals surface area contributed by atoms with E-state index in [4.69, 9.17) is 5.73 Å². The Bertz CT molecular complexity index is 519. The lowest BCUT2D eigenvalue weighted by Gasteiger charge is -2.08. The van der Waals surface area contributed by atoms with Gasteiger partial charge < -0.3 is 10.8 Å². The van der Waals surface area contributed by atoms with Crippen LogP contribution in [0.3, 0.4) is 0 Å². The predicted molar refractivity (Wildman–Crippen MR) is 69.2 cm³/mol. The number of aliphatic hydroxyl groups is 1. The van der Waals surface area contributed by atoms with Crippen LogP contribution >= 0.6 is 15.9 Å². The molecule has 0 spiro atoms. The van der Waals surface area contributed by atoms with Crippen molar-refractivity contribution in [2.75, 3.05) is 6.54 Å². The lowest BCUT2D eigenvalue weighted by molar-refractivity contribution is 0.176. The quantitative estimate of drug-likeness (QED) is 0.907. The van der Waals surface area contributed by atoms with E-state index in [0.29, 0.717) is 5.82 Å². The Morgan fingerprint density at radius 3 is 2.76 bits per heavy atom. The fourth-order valence-corrected chi connectivity index (χ4v) is 1.95. The summed E-state index contributed by atoms with van der Waals surface area (Å²) in [4.78, 5) is 8.31. The van der Waals surface area contributed by atoms with Crippen LogP contribution in [0.2, 0.25) is 0 Å². The smallest absolute Gasteiger partial charge is 0.158 e. The van der Waals surface area contributed by atoms with Gasteiger partial charge in [0, 0.05) is 22.8 Å². The lowest BCUT2D eigenvalue weighted by atomic mass is 10.1. The van der Waals surface area contributed by atoms with E-state index in [0.717, 1.165) is 15.7 Å². The van der Waals surface area contributed by atoms with E-state index in [9.17, 15) is 5.11 Å². The van der Waals surface area contributed by atoms with E-state index in [-0.39, 0.29) is 6.54 Å². The first-order chi connectivity index (χ1) is 8.22. The molecule has 17 heavy (non-hydrogen) atoms. The van der Waals surface area contributed by atoms with Gasteiger partial charge in [0.1, 0.15) is 6.10 Å². The van der Waals surface area contributed by atoms with Gasteiger partial charge in [0.05, 0.1) is 5.69 Å². The number of aliphatic hydroxyl groups excluding tert-OH is 1. The standard InChI is InChI=1S/C12H12BrN3O/c13-9-4-2-1-3-8(9)10-5-6-15-12(16-10)11(17)7-14/h1-6,11,17H,7,14H2. The van der Waals surface area contributed by atoms with E-state index in [2.05, 4.69) is 25.9 Å². The van der Waals surface area contributed by atoms with Crippen LogP contribution in [-0.4, -0.2) is 21.6 Å². The zero-order valence-electron chi connectivity index (χ0n) is 9.05. The average molecular weight is 294 g/mol. The van der Waals surface area contributed by atoms with Crippen LogP contribution in [0.5, 0.6) is 0 Å². The Morgan fingerprint density at radius 2 is 2.06 bits per heavy atom. The van der Waals surface area contributed by atoms with Crippen molar-refractivity contribution in [3.63, 3.8) is 0 Å². The van der Waals surface area contributed by atoms with Crippen LogP contribution in [0.4, 0.5) is 0 Å². The molecule has 1 atom stereocenters. The number of rotatable bonds is 3. The Hall–Kier alpha value is -1.30. The van der Waals surface area contributed by atoms with Gasteiger partial charge in [-0.3, -0.25) is 0 Å². The summed E-state index contributed by atoms with van der Waals surface area (Å²) >= 11 is 3.46. The molecule has 0 bridgehead atoms. The molecule has 3 N–H and O–H groups in total. The number of nitrogens with two attached hydrogens (primary N) is 1. The van der Waals surface area contributed by atoms with Crippen LogP contribution in [0.25, 0.3) is 11.3 Å². The molecule has 1 unspecified atom stereocenters. The fourth-order valence-electron chi connectivity index (χ4n) is 1.46. The molecule has 0 radical (unpaired) electrons. The average Bonchev–Trinajstić information content (AvgIpc) is 2.38. The minimum atomic E-state index is -0.822. The second-order valence-electron chi connectivity index (χ2n) is 3.53. The molecule has 1 heterocycles.